The first-order valence-corrected chi connectivity index (χ1v) is 7.16. The van der Waals surface area contributed by atoms with Crippen molar-refractivity contribution in [2.24, 2.45) is 0 Å². The number of nitriles is 1. The smallest absolute Gasteiger partial charge is 0.232 e. The highest BCUT2D eigenvalue weighted by Gasteiger charge is 2.29. The van der Waals surface area contributed by atoms with E-state index in [2.05, 4.69) is 11.1 Å². The van der Waals surface area contributed by atoms with E-state index >= 15 is 0 Å². The molecular formula is C18H13N3O2. The Morgan fingerprint density at radius 1 is 1.35 bits per heavy atom. The van der Waals surface area contributed by atoms with Crippen molar-refractivity contribution >= 4 is 5.69 Å². The van der Waals surface area contributed by atoms with Crippen molar-refractivity contribution in [3.05, 3.63) is 53.3 Å². The SMILES string of the molecule is COc1nc2c(c(-c3ccco3)c1C#N)Cc1cc(N)ccc1-2. The minimum absolute atomic E-state index is 0.308. The third kappa shape index (κ3) is 1.89. The number of aromatic nitrogens is 1. The van der Waals surface area contributed by atoms with Gasteiger partial charge in [-0.3, -0.25) is 0 Å². The summed E-state index contributed by atoms with van der Waals surface area (Å²) in [6.45, 7) is 0. The molecule has 2 aromatic heterocycles. The van der Waals surface area contributed by atoms with Gasteiger partial charge >= 0.3 is 0 Å². The minimum Gasteiger partial charge on any atom is -0.480 e. The van der Waals surface area contributed by atoms with Crippen LogP contribution in [0.1, 0.15) is 16.7 Å². The standard InChI is InChI=1S/C18H13N3O2/c1-22-18-14(9-19)16(15-3-2-6-23-15)13-8-10-7-11(20)4-5-12(10)17(13)21-18/h2-7H,8,20H2,1H3. The van der Waals surface area contributed by atoms with Gasteiger partial charge < -0.3 is 14.9 Å². The molecule has 0 amide bonds. The Hall–Kier alpha value is -3.26. The Balaban J connectivity index is 2.07. The molecule has 0 atom stereocenters. The van der Waals surface area contributed by atoms with Crippen LogP contribution in [-0.2, 0) is 6.42 Å². The third-order valence-electron chi connectivity index (χ3n) is 4.09. The average molecular weight is 303 g/mol. The van der Waals surface area contributed by atoms with E-state index in [1.807, 2.05) is 24.3 Å². The van der Waals surface area contributed by atoms with Crippen LogP contribution in [0.3, 0.4) is 0 Å². The Kier molecular flexibility index (Phi) is 2.85. The molecule has 1 aliphatic carbocycles. The number of ether oxygens (including phenoxy) is 1. The lowest BCUT2D eigenvalue weighted by Crippen LogP contribution is -2.00. The normalized spacial score (nSPS) is 11.7. The first kappa shape index (κ1) is 13.4. The second-order valence-electron chi connectivity index (χ2n) is 5.38. The van der Waals surface area contributed by atoms with E-state index in [0.717, 1.165) is 27.9 Å². The van der Waals surface area contributed by atoms with Gasteiger partial charge in [0, 0.05) is 23.2 Å². The van der Waals surface area contributed by atoms with Crippen LogP contribution in [0.4, 0.5) is 5.69 Å². The molecule has 4 rings (SSSR count). The Labute approximate surface area is 132 Å². The molecule has 3 aromatic rings. The summed E-state index contributed by atoms with van der Waals surface area (Å²) in [5.74, 6) is 0.946. The van der Waals surface area contributed by atoms with Crippen LogP contribution < -0.4 is 10.5 Å². The molecule has 2 N–H and O–H groups in total. The monoisotopic (exact) mass is 303 g/mol. The maximum atomic E-state index is 9.59. The highest BCUT2D eigenvalue weighted by atomic mass is 16.5. The quantitative estimate of drug-likeness (QED) is 0.574. The van der Waals surface area contributed by atoms with Crippen LogP contribution in [0.2, 0.25) is 0 Å². The molecule has 2 heterocycles. The van der Waals surface area contributed by atoms with E-state index in [-0.39, 0.29) is 0 Å². The van der Waals surface area contributed by atoms with Gasteiger partial charge in [0.25, 0.3) is 0 Å². The molecule has 0 fully saturated rings. The first-order chi connectivity index (χ1) is 11.2. The van der Waals surface area contributed by atoms with E-state index < -0.39 is 0 Å². The number of nitrogens with two attached hydrogens (primary N) is 1. The number of nitrogens with zero attached hydrogens (tertiary/aromatic N) is 2. The Morgan fingerprint density at radius 3 is 2.91 bits per heavy atom. The fourth-order valence-electron chi connectivity index (χ4n) is 3.12. The molecule has 5 nitrogen and oxygen atoms in total. The summed E-state index contributed by atoms with van der Waals surface area (Å²) in [7, 11) is 1.51. The number of hydrogen-bond donors (Lipinski definition) is 1. The van der Waals surface area contributed by atoms with E-state index in [1.165, 1.54) is 7.11 Å². The Morgan fingerprint density at radius 2 is 2.22 bits per heavy atom. The number of rotatable bonds is 2. The van der Waals surface area contributed by atoms with Crippen LogP contribution >= 0.6 is 0 Å². The summed E-state index contributed by atoms with van der Waals surface area (Å²) in [4.78, 5) is 4.56. The summed E-state index contributed by atoms with van der Waals surface area (Å²) in [6, 6.07) is 11.6. The zero-order valence-corrected chi connectivity index (χ0v) is 12.5. The number of hydrogen-bond acceptors (Lipinski definition) is 5. The van der Waals surface area contributed by atoms with Crippen molar-refractivity contribution in [2.45, 2.75) is 6.42 Å². The lowest BCUT2D eigenvalue weighted by molar-refractivity contribution is 0.397. The van der Waals surface area contributed by atoms with Crippen molar-refractivity contribution in [2.75, 3.05) is 12.8 Å². The van der Waals surface area contributed by atoms with Gasteiger partial charge in [0.1, 0.15) is 17.4 Å². The van der Waals surface area contributed by atoms with Crippen LogP contribution in [0, 0.1) is 11.3 Å². The molecule has 1 aromatic carbocycles. The molecule has 0 bridgehead atoms. The van der Waals surface area contributed by atoms with Gasteiger partial charge in [-0.1, -0.05) is 6.07 Å². The number of fused-ring (bicyclic) bond motifs is 3. The fourth-order valence-corrected chi connectivity index (χ4v) is 3.12. The maximum absolute atomic E-state index is 9.59. The van der Waals surface area contributed by atoms with Gasteiger partial charge in [-0.2, -0.15) is 5.26 Å². The molecule has 5 heteroatoms. The van der Waals surface area contributed by atoms with E-state index in [1.54, 1.807) is 12.3 Å². The number of methoxy groups -OCH3 is 1. The minimum atomic E-state index is 0.308. The summed E-state index contributed by atoms with van der Waals surface area (Å²) < 4.78 is 10.9. The van der Waals surface area contributed by atoms with Crippen LogP contribution in [0.25, 0.3) is 22.6 Å². The predicted octanol–water partition coefficient (Wildman–Crippen LogP) is 3.38. The molecular weight excluding hydrogens is 290 g/mol. The third-order valence-corrected chi connectivity index (χ3v) is 4.09. The summed E-state index contributed by atoms with van der Waals surface area (Å²) >= 11 is 0. The van der Waals surface area contributed by atoms with Gasteiger partial charge in [0.15, 0.2) is 0 Å². The lowest BCUT2D eigenvalue weighted by Gasteiger charge is -2.11. The van der Waals surface area contributed by atoms with Crippen LogP contribution in [0.15, 0.2) is 41.0 Å². The van der Waals surface area contributed by atoms with Gasteiger partial charge in [-0.25, -0.2) is 4.98 Å². The first-order valence-electron chi connectivity index (χ1n) is 7.16. The molecule has 0 radical (unpaired) electrons. The molecule has 112 valence electrons. The predicted molar refractivity (Wildman–Crippen MR) is 85.9 cm³/mol. The number of benzene rings is 1. The van der Waals surface area contributed by atoms with Gasteiger partial charge in [-0.15, -0.1) is 0 Å². The van der Waals surface area contributed by atoms with Crippen molar-refractivity contribution in [3.63, 3.8) is 0 Å². The summed E-state index contributed by atoms with van der Waals surface area (Å²) in [5, 5.41) is 9.59. The van der Waals surface area contributed by atoms with Gasteiger partial charge in [0.05, 0.1) is 19.1 Å². The highest BCUT2D eigenvalue weighted by Crippen LogP contribution is 2.44. The molecule has 0 saturated heterocycles. The second-order valence-corrected chi connectivity index (χ2v) is 5.38. The molecule has 0 aliphatic heterocycles. The topological polar surface area (TPSA) is 85.1 Å². The zero-order valence-electron chi connectivity index (χ0n) is 12.5. The van der Waals surface area contributed by atoms with E-state index in [9.17, 15) is 5.26 Å². The van der Waals surface area contributed by atoms with Crippen molar-refractivity contribution in [1.29, 1.82) is 5.26 Å². The molecule has 0 saturated carbocycles. The average Bonchev–Trinajstić information content (AvgIpc) is 3.19. The lowest BCUT2D eigenvalue weighted by atomic mass is 9.99. The molecule has 0 unspecified atom stereocenters. The van der Waals surface area contributed by atoms with Crippen LogP contribution in [0.5, 0.6) is 5.88 Å². The molecule has 1 aliphatic rings. The van der Waals surface area contributed by atoms with E-state index in [0.29, 0.717) is 29.3 Å². The number of pyridine rings is 1. The summed E-state index contributed by atoms with van der Waals surface area (Å²) in [6.07, 6.45) is 2.26. The molecule has 0 spiro atoms. The Bertz CT molecular complexity index is 953. The zero-order chi connectivity index (χ0) is 16.0. The van der Waals surface area contributed by atoms with Crippen molar-refractivity contribution < 1.29 is 9.15 Å². The largest absolute Gasteiger partial charge is 0.480 e. The highest BCUT2D eigenvalue weighted by molar-refractivity contribution is 5.86. The maximum Gasteiger partial charge on any atom is 0.232 e. The van der Waals surface area contributed by atoms with E-state index in [4.69, 9.17) is 14.9 Å². The number of nitrogen functional groups attached to an aromatic ring is 1. The summed E-state index contributed by atoms with van der Waals surface area (Å²) in [5.41, 5.74) is 11.6. The van der Waals surface area contributed by atoms with Crippen LogP contribution in [-0.4, -0.2) is 12.1 Å². The molecule has 23 heavy (non-hydrogen) atoms. The van der Waals surface area contributed by atoms with Crippen molar-refractivity contribution in [1.82, 2.24) is 4.98 Å². The number of furan rings is 1. The number of anilines is 1. The van der Waals surface area contributed by atoms with Gasteiger partial charge in [0.2, 0.25) is 5.88 Å². The fraction of sp³-hybridized carbons (Fsp3) is 0.111. The second kappa shape index (κ2) is 4.89. The van der Waals surface area contributed by atoms with Gasteiger partial charge in [-0.05, 0) is 35.4 Å². The van der Waals surface area contributed by atoms with Crippen molar-refractivity contribution in [3.8, 4) is 34.5 Å².